The normalized spacial score (nSPS) is 13.9. The molecule has 1 aliphatic heterocycles. The zero-order chi connectivity index (χ0) is 20.5. The molecule has 3 heterocycles. The van der Waals surface area contributed by atoms with E-state index < -0.39 is 0 Å². The number of nitrogens with two attached hydrogens (primary N) is 1. The smallest absolute Gasteiger partial charge is 0.255 e. The van der Waals surface area contributed by atoms with Crippen molar-refractivity contribution < 1.29 is 0 Å². The minimum Gasteiger partial charge on any atom is -0.399 e. The highest BCUT2D eigenvalue weighted by Crippen LogP contribution is 2.28. The topological polar surface area (TPSA) is 87.9 Å². The number of fused-ring (bicyclic) bond motifs is 1. The quantitative estimate of drug-likeness (QED) is 0.496. The van der Waals surface area contributed by atoms with E-state index in [1.807, 2.05) is 48.0 Å². The summed E-state index contributed by atoms with van der Waals surface area (Å²) >= 11 is 1.66. The second kappa shape index (κ2) is 7.85. The van der Waals surface area contributed by atoms with E-state index in [1.165, 1.54) is 4.88 Å². The third kappa shape index (κ3) is 3.65. The Balaban J connectivity index is 1.38. The van der Waals surface area contributed by atoms with E-state index in [0.29, 0.717) is 18.1 Å². The van der Waals surface area contributed by atoms with E-state index in [-0.39, 0.29) is 5.56 Å². The highest BCUT2D eigenvalue weighted by atomic mass is 32.1. The zero-order valence-electron chi connectivity index (χ0n) is 16.3. The van der Waals surface area contributed by atoms with Crippen molar-refractivity contribution in [3.8, 4) is 22.6 Å². The van der Waals surface area contributed by atoms with Crippen LogP contribution in [0.25, 0.3) is 22.6 Å². The first-order chi connectivity index (χ1) is 14.7. The molecular weight excluding hydrogens is 394 g/mol. The van der Waals surface area contributed by atoms with Crippen LogP contribution in [-0.4, -0.2) is 26.4 Å². The molecule has 0 radical (unpaired) electrons. The summed E-state index contributed by atoms with van der Waals surface area (Å²) in [6, 6.07) is 17.6. The predicted molar refractivity (Wildman–Crippen MR) is 120 cm³/mol. The van der Waals surface area contributed by atoms with Gasteiger partial charge >= 0.3 is 0 Å². The average molecular weight is 416 g/mol. The van der Waals surface area contributed by atoms with Gasteiger partial charge in [0.2, 0.25) is 0 Å². The van der Waals surface area contributed by atoms with E-state index in [2.05, 4.69) is 27.0 Å². The number of H-pyrrole nitrogens is 1. The molecule has 7 heteroatoms. The molecule has 2 aromatic carbocycles. The Labute approximate surface area is 178 Å². The summed E-state index contributed by atoms with van der Waals surface area (Å²) in [5.41, 5.74) is 12.9. The molecule has 0 saturated carbocycles. The van der Waals surface area contributed by atoms with E-state index in [0.717, 1.165) is 47.6 Å². The van der Waals surface area contributed by atoms with Crippen molar-refractivity contribution >= 4 is 17.0 Å². The molecule has 6 nitrogen and oxygen atoms in total. The largest absolute Gasteiger partial charge is 0.399 e. The van der Waals surface area contributed by atoms with Crippen LogP contribution in [0.3, 0.4) is 0 Å². The molecular formula is C23H21N5OS. The summed E-state index contributed by atoms with van der Waals surface area (Å²) in [6.45, 7) is 2.22. The lowest BCUT2D eigenvalue weighted by Gasteiger charge is -2.27. The van der Waals surface area contributed by atoms with Gasteiger partial charge < -0.3 is 10.7 Å². The lowest BCUT2D eigenvalue weighted by molar-refractivity contribution is 0.244. The van der Waals surface area contributed by atoms with Gasteiger partial charge in [-0.3, -0.25) is 9.69 Å². The Morgan fingerprint density at radius 3 is 2.67 bits per heavy atom. The lowest BCUT2D eigenvalue weighted by Crippen LogP contribution is -2.35. The first-order valence-electron chi connectivity index (χ1n) is 9.85. The van der Waals surface area contributed by atoms with Gasteiger partial charge in [-0.25, -0.2) is 9.97 Å². The van der Waals surface area contributed by atoms with Gasteiger partial charge in [0.05, 0.1) is 22.5 Å². The molecule has 5 rings (SSSR count). The number of thiazole rings is 1. The van der Waals surface area contributed by atoms with Crippen LogP contribution in [0.1, 0.15) is 16.1 Å². The van der Waals surface area contributed by atoms with Gasteiger partial charge in [0, 0.05) is 47.7 Å². The van der Waals surface area contributed by atoms with Crippen molar-refractivity contribution in [3.05, 3.63) is 86.6 Å². The Bertz CT molecular complexity index is 1230. The molecule has 0 saturated heterocycles. The Morgan fingerprint density at radius 1 is 1.07 bits per heavy atom. The number of nitrogens with one attached hydrogen (secondary N) is 1. The number of benzene rings is 2. The molecule has 0 amide bonds. The standard InChI is InChI=1S/C23H21N5OS/c24-17-8-6-16(7-9-17)22-26-19-10-11-28(12-18(19)23(29)27-22)13-20-21(25-14-30-20)15-4-2-1-3-5-15/h1-9,14H,10-13,24H2,(H,26,27,29). The molecule has 1 aliphatic rings. The van der Waals surface area contributed by atoms with Crippen LogP contribution in [0.2, 0.25) is 0 Å². The molecule has 0 spiro atoms. The third-order valence-electron chi connectivity index (χ3n) is 5.39. The van der Waals surface area contributed by atoms with Gasteiger partial charge in [0.1, 0.15) is 5.82 Å². The molecule has 0 bridgehead atoms. The van der Waals surface area contributed by atoms with Crippen LogP contribution in [0, 0.1) is 0 Å². The minimum absolute atomic E-state index is 0.0656. The zero-order valence-corrected chi connectivity index (χ0v) is 17.2. The molecule has 2 aromatic heterocycles. The van der Waals surface area contributed by atoms with Gasteiger partial charge in [-0.2, -0.15) is 0 Å². The summed E-state index contributed by atoms with van der Waals surface area (Å²) in [5.74, 6) is 0.598. The van der Waals surface area contributed by atoms with Crippen LogP contribution in [0.5, 0.6) is 0 Å². The number of rotatable bonds is 4. The minimum atomic E-state index is -0.0656. The molecule has 150 valence electrons. The van der Waals surface area contributed by atoms with Crippen LogP contribution >= 0.6 is 11.3 Å². The number of nitrogens with zero attached hydrogens (tertiary/aromatic N) is 3. The molecule has 3 N–H and O–H groups in total. The lowest BCUT2D eigenvalue weighted by atomic mass is 10.1. The monoisotopic (exact) mass is 415 g/mol. The fourth-order valence-corrected chi connectivity index (χ4v) is 4.64. The summed E-state index contributed by atoms with van der Waals surface area (Å²) in [4.78, 5) is 28.6. The first kappa shape index (κ1) is 18.7. The highest BCUT2D eigenvalue weighted by molar-refractivity contribution is 7.10. The summed E-state index contributed by atoms with van der Waals surface area (Å²) < 4.78 is 0. The van der Waals surface area contributed by atoms with Crippen LogP contribution in [0.4, 0.5) is 5.69 Å². The number of nitrogen functional groups attached to an aromatic ring is 1. The molecule has 0 fully saturated rings. The summed E-state index contributed by atoms with van der Waals surface area (Å²) in [7, 11) is 0. The molecule has 0 atom stereocenters. The second-order valence-electron chi connectivity index (χ2n) is 7.41. The Kier molecular flexibility index (Phi) is 4.90. The fraction of sp³-hybridized carbons (Fsp3) is 0.174. The maximum atomic E-state index is 12.8. The fourth-order valence-electron chi connectivity index (χ4n) is 3.81. The van der Waals surface area contributed by atoms with Crippen LogP contribution in [-0.2, 0) is 19.5 Å². The van der Waals surface area contributed by atoms with Crippen molar-refractivity contribution in [3.63, 3.8) is 0 Å². The molecule has 30 heavy (non-hydrogen) atoms. The second-order valence-corrected chi connectivity index (χ2v) is 8.35. The van der Waals surface area contributed by atoms with E-state index in [1.54, 1.807) is 11.3 Å². The Hall–Kier alpha value is -3.29. The first-order valence-corrected chi connectivity index (χ1v) is 10.7. The van der Waals surface area contributed by atoms with Gasteiger partial charge in [0.15, 0.2) is 0 Å². The number of aromatic nitrogens is 3. The van der Waals surface area contributed by atoms with Crippen molar-refractivity contribution in [2.75, 3.05) is 12.3 Å². The van der Waals surface area contributed by atoms with E-state index in [4.69, 9.17) is 10.7 Å². The van der Waals surface area contributed by atoms with Crippen molar-refractivity contribution in [2.24, 2.45) is 0 Å². The molecule has 0 unspecified atom stereocenters. The van der Waals surface area contributed by atoms with E-state index >= 15 is 0 Å². The van der Waals surface area contributed by atoms with Gasteiger partial charge in [-0.1, -0.05) is 30.3 Å². The maximum absolute atomic E-state index is 12.8. The SMILES string of the molecule is Nc1ccc(-c2nc3c(c(=O)[nH]2)CN(Cc2scnc2-c2ccccc2)CC3)cc1. The Morgan fingerprint density at radius 2 is 1.87 bits per heavy atom. The number of aromatic amines is 1. The van der Waals surface area contributed by atoms with Gasteiger partial charge in [-0.05, 0) is 24.3 Å². The predicted octanol–water partition coefficient (Wildman–Crippen LogP) is 3.70. The third-order valence-corrected chi connectivity index (χ3v) is 6.20. The highest BCUT2D eigenvalue weighted by Gasteiger charge is 2.23. The summed E-state index contributed by atoms with van der Waals surface area (Å²) in [5, 5.41) is 0. The van der Waals surface area contributed by atoms with E-state index in [9.17, 15) is 4.79 Å². The number of hydrogen-bond acceptors (Lipinski definition) is 6. The van der Waals surface area contributed by atoms with Crippen LogP contribution < -0.4 is 11.3 Å². The molecule has 4 aromatic rings. The number of hydrogen-bond donors (Lipinski definition) is 2. The number of anilines is 1. The average Bonchev–Trinajstić information content (AvgIpc) is 3.23. The summed E-state index contributed by atoms with van der Waals surface area (Å²) in [6.07, 6.45) is 0.751. The van der Waals surface area contributed by atoms with Crippen molar-refractivity contribution in [1.29, 1.82) is 0 Å². The van der Waals surface area contributed by atoms with Crippen molar-refractivity contribution in [2.45, 2.75) is 19.5 Å². The van der Waals surface area contributed by atoms with Crippen LogP contribution in [0.15, 0.2) is 64.9 Å². The van der Waals surface area contributed by atoms with Gasteiger partial charge in [-0.15, -0.1) is 11.3 Å². The van der Waals surface area contributed by atoms with Gasteiger partial charge in [0.25, 0.3) is 5.56 Å². The molecule has 0 aliphatic carbocycles. The van der Waals surface area contributed by atoms with Crippen molar-refractivity contribution in [1.82, 2.24) is 19.9 Å². The maximum Gasteiger partial charge on any atom is 0.255 e.